The van der Waals surface area contributed by atoms with Gasteiger partial charge in [0.25, 0.3) is 0 Å². The van der Waals surface area contributed by atoms with E-state index < -0.39 is 0 Å². The van der Waals surface area contributed by atoms with Crippen molar-refractivity contribution in [2.45, 2.75) is 58.5 Å². The highest BCUT2D eigenvalue weighted by Crippen LogP contribution is 2.17. The molecule has 0 spiro atoms. The van der Waals surface area contributed by atoms with Crippen molar-refractivity contribution in [1.29, 1.82) is 0 Å². The Labute approximate surface area is 140 Å². The second kappa shape index (κ2) is 8.78. The molecule has 2 N–H and O–H groups in total. The molecule has 4 heteroatoms. The average molecular weight is 320 g/mol. The zero-order valence-corrected chi connectivity index (χ0v) is 15.0. The van der Waals surface area contributed by atoms with E-state index in [0.29, 0.717) is 19.1 Å². The van der Waals surface area contributed by atoms with Crippen molar-refractivity contribution >= 4 is 0 Å². The van der Waals surface area contributed by atoms with Gasteiger partial charge in [-0.1, -0.05) is 36.8 Å². The summed E-state index contributed by atoms with van der Waals surface area (Å²) in [4.78, 5) is 2.30. The van der Waals surface area contributed by atoms with Crippen LogP contribution in [0.5, 0.6) is 0 Å². The predicted octanol–water partition coefficient (Wildman–Crippen LogP) is 2.51. The molecule has 1 aromatic carbocycles. The Bertz CT molecular complexity index is 453. The molecule has 130 valence electrons. The lowest BCUT2D eigenvalue weighted by Gasteiger charge is -2.36. The number of benzene rings is 1. The van der Waals surface area contributed by atoms with E-state index in [1.54, 1.807) is 0 Å². The van der Waals surface area contributed by atoms with Gasteiger partial charge in [0.15, 0.2) is 0 Å². The summed E-state index contributed by atoms with van der Waals surface area (Å²) in [5.41, 5.74) is 2.57. The van der Waals surface area contributed by atoms with Gasteiger partial charge in [-0.15, -0.1) is 0 Å². The fourth-order valence-electron chi connectivity index (χ4n) is 3.37. The van der Waals surface area contributed by atoms with Crippen LogP contribution >= 0.6 is 0 Å². The Balaban J connectivity index is 1.80. The lowest BCUT2D eigenvalue weighted by molar-refractivity contribution is -0.0763. The number of β-amino-alcohol motifs (C(OH)–C–C–N with tert-alkyl or cyclic N) is 1. The van der Waals surface area contributed by atoms with E-state index >= 15 is 0 Å². The van der Waals surface area contributed by atoms with Gasteiger partial charge >= 0.3 is 0 Å². The Hall–Kier alpha value is -0.940. The maximum absolute atomic E-state index is 10.4. The van der Waals surface area contributed by atoms with Crippen LogP contribution in [0.2, 0.25) is 0 Å². The molecule has 23 heavy (non-hydrogen) atoms. The van der Waals surface area contributed by atoms with E-state index in [4.69, 9.17) is 4.74 Å². The quantitative estimate of drug-likeness (QED) is 0.810. The van der Waals surface area contributed by atoms with E-state index in [1.165, 1.54) is 11.1 Å². The molecule has 2 rings (SSSR count). The first kappa shape index (κ1) is 18.4. The van der Waals surface area contributed by atoms with E-state index in [-0.39, 0.29) is 18.3 Å². The van der Waals surface area contributed by atoms with Crippen LogP contribution in [-0.4, -0.2) is 54.5 Å². The fraction of sp³-hybridized carbons (Fsp3) is 0.684. The second-order valence-corrected chi connectivity index (χ2v) is 6.91. The third-order valence-corrected chi connectivity index (χ3v) is 4.45. The van der Waals surface area contributed by atoms with Crippen LogP contribution in [0.4, 0.5) is 0 Å². The molecule has 4 unspecified atom stereocenters. The first-order valence-electron chi connectivity index (χ1n) is 8.83. The number of nitrogens with one attached hydrogen (secondary N) is 1. The van der Waals surface area contributed by atoms with Crippen LogP contribution in [0, 0.1) is 6.92 Å². The van der Waals surface area contributed by atoms with Crippen LogP contribution in [0.25, 0.3) is 0 Å². The molecule has 1 heterocycles. The molecule has 0 radical (unpaired) electrons. The highest BCUT2D eigenvalue weighted by molar-refractivity contribution is 5.24. The first-order chi connectivity index (χ1) is 11.0. The molecular formula is C19H32N2O2. The van der Waals surface area contributed by atoms with Gasteiger partial charge in [0.05, 0.1) is 18.3 Å². The summed E-state index contributed by atoms with van der Waals surface area (Å²) in [6.45, 7) is 11.6. The minimum Gasteiger partial charge on any atom is -0.390 e. The minimum absolute atomic E-state index is 0.245. The molecule has 0 aromatic heterocycles. The summed E-state index contributed by atoms with van der Waals surface area (Å²) < 4.78 is 5.74. The highest BCUT2D eigenvalue weighted by atomic mass is 16.5. The predicted molar refractivity (Wildman–Crippen MR) is 94.7 cm³/mol. The summed E-state index contributed by atoms with van der Waals surface area (Å²) in [5.74, 6) is 0. The summed E-state index contributed by atoms with van der Waals surface area (Å²) in [7, 11) is 0. The zero-order chi connectivity index (χ0) is 16.8. The number of aryl methyl sites for hydroxylation is 1. The van der Waals surface area contributed by atoms with Crippen LogP contribution in [0.15, 0.2) is 24.3 Å². The molecule has 4 atom stereocenters. The lowest BCUT2D eigenvalue weighted by atomic mass is 10.0. The van der Waals surface area contributed by atoms with Crippen molar-refractivity contribution < 1.29 is 9.84 Å². The molecule has 1 aromatic rings. The number of hydrogen-bond acceptors (Lipinski definition) is 4. The van der Waals surface area contributed by atoms with E-state index in [0.717, 1.165) is 19.5 Å². The molecule has 1 aliphatic rings. The average Bonchev–Trinajstić information content (AvgIpc) is 2.48. The molecule has 0 saturated carbocycles. The maximum Gasteiger partial charge on any atom is 0.0791 e. The van der Waals surface area contributed by atoms with Crippen LogP contribution in [0.3, 0.4) is 0 Å². The monoisotopic (exact) mass is 320 g/mol. The topological polar surface area (TPSA) is 44.7 Å². The van der Waals surface area contributed by atoms with Crippen molar-refractivity contribution in [3.8, 4) is 0 Å². The Morgan fingerprint density at radius 3 is 2.39 bits per heavy atom. The third-order valence-electron chi connectivity index (χ3n) is 4.45. The molecule has 4 nitrogen and oxygen atoms in total. The van der Waals surface area contributed by atoms with Gasteiger partial charge in [0.1, 0.15) is 0 Å². The minimum atomic E-state index is -0.355. The number of nitrogens with zero attached hydrogens (tertiary/aromatic N) is 1. The van der Waals surface area contributed by atoms with Crippen molar-refractivity contribution in [3.05, 3.63) is 35.4 Å². The van der Waals surface area contributed by atoms with Crippen molar-refractivity contribution in [1.82, 2.24) is 10.2 Å². The van der Waals surface area contributed by atoms with Gasteiger partial charge in [-0.3, -0.25) is 4.90 Å². The molecule has 0 aliphatic carbocycles. The van der Waals surface area contributed by atoms with Crippen molar-refractivity contribution in [2.75, 3.05) is 26.2 Å². The number of hydrogen-bond donors (Lipinski definition) is 2. The molecular weight excluding hydrogens is 288 g/mol. The Morgan fingerprint density at radius 1 is 1.22 bits per heavy atom. The van der Waals surface area contributed by atoms with Crippen molar-refractivity contribution in [2.24, 2.45) is 0 Å². The van der Waals surface area contributed by atoms with Gasteiger partial charge in [-0.05, 0) is 32.8 Å². The van der Waals surface area contributed by atoms with Gasteiger partial charge in [-0.25, -0.2) is 0 Å². The van der Waals surface area contributed by atoms with Crippen LogP contribution in [0.1, 0.15) is 44.4 Å². The summed E-state index contributed by atoms with van der Waals surface area (Å²) >= 11 is 0. The third kappa shape index (κ3) is 5.88. The largest absolute Gasteiger partial charge is 0.390 e. The molecule has 1 aliphatic heterocycles. The van der Waals surface area contributed by atoms with Crippen LogP contribution < -0.4 is 5.32 Å². The van der Waals surface area contributed by atoms with Gasteiger partial charge < -0.3 is 15.2 Å². The number of ether oxygens (including phenoxy) is 1. The lowest BCUT2D eigenvalue weighted by Crippen LogP contribution is -2.49. The Morgan fingerprint density at radius 2 is 1.83 bits per heavy atom. The molecule has 0 bridgehead atoms. The standard InChI is InChI=1S/C19H32N2O2/c1-5-19(17-8-6-14(2)7-9-17)20-10-18(22)13-21-11-15(3)23-16(4)12-21/h6-9,15-16,18-20,22H,5,10-13H2,1-4H3. The molecule has 1 fully saturated rings. The first-order valence-corrected chi connectivity index (χ1v) is 8.83. The normalized spacial score (nSPS) is 25.3. The van der Waals surface area contributed by atoms with Crippen molar-refractivity contribution in [3.63, 3.8) is 0 Å². The number of morpholine rings is 1. The maximum atomic E-state index is 10.4. The Kier molecular flexibility index (Phi) is 7.03. The zero-order valence-electron chi connectivity index (χ0n) is 15.0. The van der Waals surface area contributed by atoms with E-state index in [2.05, 4.69) is 62.2 Å². The fourth-order valence-corrected chi connectivity index (χ4v) is 3.37. The molecule has 0 amide bonds. The SMILES string of the molecule is CCC(NCC(O)CN1CC(C)OC(C)C1)c1ccc(C)cc1. The van der Waals surface area contributed by atoms with E-state index in [1.807, 2.05) is 0 Å². The smallest absolute Gasteiger partial charge is 0.0791 e. The van der Waals surface area contributed by atoms with Crippen LogP contribution in [-0.2, 0) is 4.74 Å². The number of rotatable bonds is 7. The number of aliphatic hydroxyl groups is 1. The van der Waals surface area contributed by atoms with E-state index in [9.17, 15) is 5.11 Å². The summed E-state index contributed by atoms with van der Waals surface area (Å²) in [5, 5.41) is 13.9. The number of aliphatic hydroxyl groups excluding tert-OH is 1. The summed E-state index contributed by atoms with van der Waals surface area (Å²) in [6.07, 6.45) is 1.15. The van der Waals surface area contributed by atoms with Gasteiger partial charge in [-0.2, -0.15) is 0 Å². The summed E-state index contributed by atoms with van der Waals surface area (Å²) in [6, 6.07) is 8.94. The second-order valence-electron chi connectivity index (χ2n) is 6.91. The molecule has 1 saturated heterocycles. The van der Waals surface area contributed by atoms with Gasteiger partial charge in [0.2, 0.25) is 0 Å². The van der Waals surface area contributed by atoms with Gasteiger partial charge in [0, 0.05) is 32.2 Å². The highest BCUT2D eigenvalue weighted by Gasteiger charge is 2.24.